The van der Waals surface area contributed by atoms with E-state index in [-0.39, 0.29) is 29.3 Å². The van der Waals surface area contributed by atoms with Crippen LogP contribution in [0.2, 0.25) is 0 Å². The quantitative estimate of drug-likeness (QED) is 0.685. The molecule has 0 bridgehead atoms. The molecule has 0 spiro atoms. The fourth-order valence-electron chi connectivity index (χ4n) is 3.43. The summed E-state index contributed by atoms with van der Waals surface area (Å²) in [5, 5.41) is 0. The Bertz CT molecular complexity index is 940. The molecule has 1 aromatic heterocycles. The molecular weight excluding hydrogens is 399 g/mol. The van der Waals surface area contributed by atoms with Gasteiger partial charge in [0.25, 0.3) is 5.91 Å². The van der Waals surface area contributed by atoms with Crippen LogP contribution >= 0.6 is 11.3 Å². The van der Waals surface area contributed by atoms with Crippen molar-refractivity contribution < 1.29 is 17.6 Å². The fourth-order valence-corrected chi connectivity index (χ4v) is 6.15. The summed E-state index contributed by atoms with van der Waals surface area (Å²) in [6, 6.07) is 9.64. The number of carbonyl (C=O) groups is 1. The van der Waals surface area contributed by atoms with Gasteiger partial charge in [0.15, 0.2) is 9.84 Å². The van der Waals surface area contributed by atoms with Crippen LogP contribution in [-0.2, 0) is 9.84 Å². The SMILES string of the molecule is CN(C)CCCN(C(=O)c1ccc(-c2ccccc2F)s1)C1CCS(=O)(=O)C1. The molecule has 3 rings (SSSR count). The van der Waals surface area contributed by atoms with Gasteiger partial charge in [0.1, 0.15) is 5.82 Å². The molecule has 152 valence electrons. The molecule has 1 unspecified atom stereocenters. The molecule has 0 N–H and O–H groups in total. The van der Waals surface area contributed by atoms with E-state index in [0.717, 1.165) is 13.0 Å². The maximum absolute atomic E-state index is 14.1. The molecule has 1 aromatic carbocycles. The zero-order chi connectivity index (χ0) is 20.3. The van der Waals surface area contributed by atoms with E-state index in [9.17, 15) is 17.6 Å². The lowest BCUT2D eigenvalue weighted by molar-refractivity contribution is 0.0695. The monoisotopic (exact) mass is 424 g/mol. The number of hydrogen-bond acceptors (Lipinski definition) is 5. The van der Waals surface area contributed by atoms with Crippen molar-refractivity contribution in [3.63, 3.8) is 0 Å². The maximum atomic E-state index is 14.1. The first-order valence-electron chi connectivity index (χ1n) is 9.28. The Morgan fingerprint density at radius 1 is 1.18 bits per heavy atom. The number of nitrogens with zero attached hydrogens (tertiary/aromatic N) is 2. The highest BCUT2D eigenvalue weighted by Crippen LogP contribution is 2.31. The van der Waals surface area contributed by atoms with Crippen LogP contribution in [0.15, 0.2) is 36.4 Å². The van der Waals surface area contributed by atoms with Gasteiger partial charge in [0.2, 0.25) is 0 Å². The summed E-state index contributed by atoms with van der Waals surface area (Å²) in [5.74, 6) is -0.353. The molecule has 2 aromatic rings. The predicted octanol–water partition coefficient (Wildman–Crippen LogP) is 3.14. The van der Waals surface area contributed by atoms with Gasteiger partial charge in [-0.2, -0.15) is 0 Å². The van der Waals surface area contributed by atoms with E-state index in [0.29, 0.717) is 28.3 Å². The minimum Gasteiger partial charge on any atom is -0.334 e. The van der Waals surface area contributed by atoms with E-state index in [2.05, 4.69) is 0 Å². The van der Waals surface area contributed by atoms with Crippen molar-refractivity contribution >= 4 is 27.1 Å². The van der Waals surface area contributed by atoms with E-state index in [1.54, 1.807) is 35.2 Å². The topological polar surface area (TPSA) is 57.7 Å². The van der Waals surface area contributed by atoms with Crippen LogP contribution in [0.1, 0.15) is 22.5 Å². The van der Waals surface area contributed by atoms with Crippen LogP contribution in [0.5, 0.6) is 0 Å². The molecule has 0 radical (unpaired) electrons. The number of halogens is 1. The first-order chi connectivity index (χ1) is 13.3. The summed E-state index contributed by atoms with van der Waals surface area (Å²) in [6.45, 7) is 1.32. The summed E-state index contributed by atoms with van der Waals surface area (Å²) in [6.07, 6.45) is 1.24. The molecule has 0 aliphatic carbocycles. The highest BCUT2D eigenvalue weighted by Gasteiger charge is 2.35. The van der Waals surface area contributed by atoms with Crippen LogP contribution in [0.25, 0.3) is 10.4 Å². The Balaban J connectivity index is 1.81. The van der Waals surface area contributed by atoms with Crippen molar-refractivity contribution in [1.29, 1.82) is 0 Å². The van der Waals surface area contributed by atoms with Crippen LogP contribution in [0, 0.1) is 5.82 Å². The molecule has 1 atom stereocenters. The third-order valence-corrected chi connectivity index (χ3v) is 7.73. The van der Waals surface area contributed by atoms with E-state index in [1.165, 1.54) is 17.4 Å². The molecule has 0 saturated carbocycles. The second-order valence-electron chi connectivity index (χ2n) is 7.36. The van der Waals surface area contributed by atoms with E-state index < -0.39 is 9.84 Å². The Hall–Kier alpha value is -1.77. The molecule has 8 heteroatoms. The summed E-state index contributed by atoms with van der Waals surface area (Å²) < 4.78 is 37.9. The van der Waals surface area contributed by atoms with Crippen molar-refractivity contribution in [2.24, 2.45) is 0 Å². The van der Waals surface area contributed by atoms with Crippen LogP contribution < -0.4 is 0 Å². The van der Waals surface area contributed by atoms with Gasteiger partial charge in [-0.15, -0.1) is 11.3 Å². The van der Waals surface area contributed by atoms with E-state index in [1.807, 2.05) is 19.0 Å². The average Bonchev–Trinajstić information content (AvgIpc) is 3.25. The number of benzene rings is 1. The van der Waals surface area contributed by atoms with Gasteiger partial charge in [-0.3, -0.25) is 4.79 Å². The van der Waals surface area contributed by atoms with Crippen molar-refractivity contribution in [3.05, 3.63) is 47.1 Å². The lowest BCUT2D eigenvalue weighted by Crippen LogP contribution is -2.42. The minimum absolute atomic E-state index is 0.0201. The highest BCUT2D eigenvalue weighted by molar-refractivity contribution is 7.91. The molecule has 5 nitrogen and oxygen atoms in total. The highest BCUT2D eigenvalue weighted by atomic mass is 32.2. The third kappa shape index (κ3) is 4.98. The predicted molar refractivity (Wildman–Crippen MR) is 111 cm³/mol. The number of amides is 1. The number of rotatable bonds is 7. The van der Waals surface area contributed by atoms with Crippen LogP contribution in [0.3, 0.4) is 0 Å². The van der Waals surface area contributed by atoms with Gasteiger partial charge in [-0.05, 0) is 51.7 Å². The second-order valence-corrected chi connectivity index (χ2v) is 10.7. The van der Waals surface area contributed by atoms with Crippen molar-refractivity contribution in [2.45, 2.75) is 18.9 Å². The van der Waals surface area contributed by atoms with Gasteiger partial charge < -0.3 is 9.80 Å². The zero-order valence-corrected chi connectivity index (χ0v) is 17.7. The van der Waals surface area contributed by atoms with Crippen molar-refractivity contribution in [1.82, 2.24) is 9.80 Å². The second kappa shape index (κ2) is 8.71. The number of thiophene rings is 1. The normalized spacial score (nSPS) is 18.5. The molecule has 1 saturated heterocycles. The largest absolute Gasteiger partial charge is 0.334 e. The number of carbonyl (C=O) groups excluding carboxylic acids is 1. The van der Waals surface area contributed by atoms with Crippen molar-refractivity contribution in [2.75, 3.05) is 38.7 Å². The summed E-state index contributed by atoms with van der Waals surface area (Å²) in [5.41, 5.74) is 0.467. The minimum atomic E-state index is -3.09. The van der Waals surface area contributed by atoms with Gasteiger partial charge in [-0.25, -0.2) is 12.8 Å². The molecule has 1 aliphatic rings. The molecular formula is C20H25FN2O3S2. The number of sulfone groups is 1. The summed E-state index contributed by atoms with van der Waals surface area (Å²) in [7, 11) is 0.837. The van der Waals surface area contributed by atoms with Crippen LogP contribution in [-0.4, -0.2) is 68.9 Å². The standard InChI is InChI=1S/C20H25FN2O3S2/c1-22(2)11-5-12-23(15-10-13-28(25,26)14-15)20(24)19-9-8-18(27-19)16-6-3-4-7-17(16)21/h3-4,6-9,15H,5,10-14H2,1-2H3. The Kier molecular flexibility index (Phi) is 6.52. The smallest absolute Gasteiger partial charge is 0.264 e. The van der Waals surface area contributed by atoms with Gasteiger partial charge >= 0.3 is 0 Å². The maximum Gasteiger partial charge on any atom is 0.264 e. The summed E-state index contributed by atoms with van der Waals surface area (Å²) >= 11 is 1.24. The Morgan fingerprint density at radius 2 is 1.93 bits per heavy atom. The first-order valence-corrected chi connectivity index (χ1v) is 11.9. The fraction of sp³-hybridized carbons (Fsp3) is 0.450. The van der Waals surface area contributed by atoms with Crippen molar-refractivity contribution in [3.8, 4) is 10.4 Å². The Labute approximate surface area is 169 Å². The van der Waals surface area contributed by atoms with Crippen LogP contribution in [0.4, 0.5) is 4.39 Å². The molecule has 1 amide bonds. The molecule has 1 fully saturated rings. The Morgan fingerprint density at radius 3 is 2.57 bits per heavy atom. The third-order valence-electron chi connectivity index (χ3n) is 4.87. The molecule has 28 heavy (non-hydrogen) atoms. The van der Waals surface area contributed by atoms with E-state index >= 15 is 0 Å². The van der Waals surface area contributed by atoms with Gasteiger partial charge in [-0.1, -0.05) is 18.2 Å². The van der Waals surface area contributed by atoms with Gasteiger partial charge in [0.05, 0.1) is 16.4 Å². The lowest BCUT2D eigenvalue weighted by atomic mass is 10.1. The molecule has 2 heterocycles. The number of hydrogen-bond donors (Lipinski definition) is 0. The first kappa shape index (κ1) is 21.0. The zero-order valence-electron chi connectivity index (χ0n) is 16.1. The lowest BCUT2D eigenvalue weighted by Gasteiger charge is -2.28. The average molecular weight is 425 g/mol. The molecule has 1 aliphatic heterocycles. The summed E-state index contributed by atoms with van der Waals surface area (Å²) in [4.78, 5) is 18.1. The van der Waals surface area contributed by atoms with E-state index in [4.69, 9.17) is 0 Å². The van der Waals surface area contributed by atoms with Gasteiger partial charge in [0, 0.05) is 23.0 Å².